The largest absolute Gasteiger partial charge is 0.453 e. The molecule has 0 bridgehead atoms. The number of nitrogens with one attached hydrogen (secondary N) is 1. The van der Waals surface area contributed by atoms with Crippen LogP contribution in [0.4, 0.5) is 13.2 Å². The van der Waals surface area contributed by atoms with E-state index < -0.39 is 17.3 Å². The molecule has 1 atom stereocenters. The summed E-state index contributed by atoms with van der Waals surface area (Å²) in [5, 5.41) is 8.22. The minimum Gasteiger partial charge on any atom is -0.351 e. The van der Waals surface area contributed by atoms with Gasteiger partial charge in [0.2, 0.25) is 11.1 Å². The molecule has 2 rings (SSSR count). The van der Waals surface area contributed by atoms with Crippen LogP contribution < -0.4 is 11.2 Å². The van der Waals surface area contributed by atoms with Crippen LogP contribution >= 0.6 is 11.8 Å². The van der Waals surface area contributed by atoms with Crippen molar-refractivity contribution < 1.29 is 18.0 Å². The minimum absolute atomic E-state index is 0.181. The van der Waals surface area contributed by atoms with Gasteiger partial charge in [0.15, 0.2) is 0 Å². The van der Waals surface area contributed by atoms with E-state index in [9.17, 15) is 18.0 Å². The SMILES string of the molecule is CC(Sc1nnc(C(F)(F)F)n1N)C(=O)NCc1ccccc1. The summed E-state index contributed by atoms with van der Waals surface area (Å²) in [6.07, 6.45) is -4.70. The molecule has 1 unspecified atom stereocenters. The second kappa shape index (κ2) is 6.90. The van der Waals surface area contributed by atoms with Gasteiger partial charge in [-0.25, -0.2) is 4.68 Å². The zero-order chi connectivity index (χ0) is 17.0. The van der Waals surface area contributed by atoms with Crippen LogP contribution in [0.1, 0.15) is 18.3 Å². The van der Waals surface area contributed by atoms with Gasteiger partial charge in [0.05, 0.1) is 5.25 Å². The Morgan fingerprint density at radius 1 is 1.35 bits per heavy atom. The molecule has 6 nitrogen and oxygen atoms in total. The Morgan fingerprint density at radius 3 is 2.57 bits per heavy atom. The van der Waals surface area contributed by atoms with Gasteiger partial charge in [0.1, 0.15) is 0 Å². The number of nitrogen functional groups attached to an aromatic ring is 1. The highest BCUT2D eigenvalue weighted by atomic mass is 32.2. The number of nitrogens with two attached hydrogens (primary N) is 1. The minimum atomic E-state index is -4.70. The van der Waals surface area contributed by atoms with E-state index in [1.165, 1.54) is 0 Å². The van der Waals surface area contributed by atoms with Crippen LogP contribution in [0.5, 0.6) is 0 Å². The van der Waals surface area contributed by atoms with Crippen LogP contribution in [0.3, 0.4) is 0 Å². The number of nitrogens with zero attached hydrogens (tertiary/aromatic N) is 3. The van der Waals surface area contributed by atoms with Gasteiger partial charge in [0.25, 0.3) is 5.82 Å². The summed E-state index contributed by atoms with van der Waals surface area (Å²) in [4.78, 5) is 12.0. The molecule has 23 heavy (non-hydrogen) atoms. The van der Waals surface area contributed by atoms with Crippen LogP contribution in [-0.4, -0.2) is 26.0 Å². The highest BCUT2D eigenvalue weighted by Crippen LogP contribution is 2.30. The molecule has 124 valence electrons. The molecular formula is C13H14F3N5OS. The number of benzene rings is 1. The number of aromatic nitrogens is 3. The maximum absolute atomic E-state index is 12.6. The summed E-state index contributed by atoms with van der Waals surface area (Å²) in [5.41, 5.74) is 0.916. The van der Waals surface area contributed by atoms with Crippen LogP contribution in [-0.2, 0) is 17.5 Å². The first kappa shape index (κ1) is 17.1. The number of amides is 1. The average molecular weight is 345 g/mol. The lowest BCUT2D eigenvalue weighted by Crippen LogP contribution is -2.31. The van der Waals surface area contributed by atoms with Crippen molar-refractivity contribution in [2.45, 2.75) is 30.1 Å². The van der Waals surface area contributed by atoms with Crippen molar-refractivity contribution >= 4 is 17.7 Å². The summed E-state index contributed by atoms with van der Waals surface area (Å²) in [6, 6.07) is 9.25. The molecule has 1 aromatic carbocycles. The van der Waals surface area contributed by atoms with E-state index in [1.807, 2.05) is 30.3 Å². The van der Waals surface area contributed by atoms with E-state index in [0.29, 0.717) is 11.2 Å². The number of hydrogen-bond acceptors (Lipinski definition) is 5. The Bertz CT molecular complexity index is 674. The zero-order valence-corrected chi connectivity index (χ0v) is 12.9. The summed E-state index contributed by atoms with van der Waals surface area (Å²) in [6.45, 7) is 1.88. The quantitative estimate of drug-likeness (QED) is 0.638. The lowest BCUT2D eigenvalue weighted by Gasteiger charge is -2.12. The fourth-order valence-corrected chi connectivity index (χ4v) is 2.49. The Balaban J connectivity index is 1.95. The summed E-state index contributed by atoms with van der Waals surface area (Å²) in [7, 11) is 0. The first-order valence-corrected chi connectivity index (χ1v) is 7.43. The molecule has 0 saturated carbocycles. The third kappa shape index (κ3) is 4.38. The van der Waals surface area contributed by atoms with Crippen molar-refractivity contribution in [1.29, 1.82) is 0 Å². The molecular weight excluding hydrogens is 331 g/mol. The lowest BCUT2D eigenvalue weighted by molar-refractivity contribution is -0.146. The number of carbonyl (C=O) groups is 1. The van der Waals surface area contributed by atoms with Gasteiger partial charge in [-0.3, -0.25) is 4.79 Å². The van der Waals surface area contributed by atoms with Crippen molar-refractivity contribution in [1.82, 2.24) is 20.2 Å². The second-order valence-electron chi connectivity index (χ2n) is 4.64. The first-order valence-electron chi connectivity index (χ1n) is 6.55. The fourth-order valence-electron chi connectivity index (χ4n) is 1.69. The number of halogens is 3. The maximum atomic E-state index is 12.6. The fraction of sp³-hybridized carbons (Fsp3) is 0.308. The molecule has 10 heteroatoms. The second-order valence-corrected chi connectivity index (χ2v) is 5.95. The number of hydrogen-bond donors (Lipinski definition) is 2. The first-order chi connectivity index (χ1) is 10.8. The number of carbonyl (C=O) groups excluding carboxylic acids is 1. The van der Waals surface area contributed by atoms with Crippen molar-refractivity contribution in [2.75, 3.05) is 5.84 Å². The van der Waals surface area contributed by atoms with E-state index in [-0.39, 0.29) is 11.1 Å². The highest BCUT2D eigenvalue weighted by Gasteiger charge is 2.38. The Labute approximate surface area is 134 Å². The third-order valence-corrected chi connectivity index (χ3v) is 3.94. The standard InChI is InChI=1S/C13H14F3N5OS/c1-8(10(22)18-7-9-5-3-2-4-6-9)23-12-20-19-11(21(12)17)13(14,15)16/h2-6,8H,7,17H2,1H3,(H,18,22). The molecule has 2 aromatic rings. The van der Waals surface area contributed by atoms with E-state index in [4.69, 9.17) is 5.84 Å². The molecule has 1 heterocycles. The van der Waals surface area contributed by atoms with Gasteiger partial charge in [0, 0.05) is 6.54 Å². The molecule has 0 fully saturated rings. The zero-order valence-electron chi connectivity index (χ0n) is 12.0. The molecule has 1 aromatic heterocycles. The normalized spacial score (nSPS) is 12.9. The Kier molecular flexibility index (Phi) is 5.14. The smallest absolute Gasteiger partial charge is 0.351 e. The Hall–Kier alpha value is -2.23. The lowest BCUT2D eigenvalue weighted by atomic mass is 10.2. The van der Waals surface area contributed by atoms with Crippen LogP contribution in [0.25, 0.3) is 0 Å². The molecule has 3 N–H and O–H groups in total. The van der Waals surface area contributed by atoms with Crippen LogP contribution in [0.2, 0.25) is 0 Å². The van der Waals surface area contributed by atoms with Gasteiger partial charge in [-0.15, -0.1) is 10.2 Å². The van der Waals surface area contributed by atoms with Crippen molar-refractivity contribution in [2.24, 2.45) is 0 Å². The maximum Gasteiger partial charge on any atom is 0.453 e. The van der Waals surface area contributed by atoms with Gasteiger partial charge < -0.3 is 11.2 Å². The van der Waals surface area contributed by atoms with E-state index >= 15 is 0 Å². The highest BCUT2D eigenvalue weighted by molar-refractivity contribution is 8.00. The van der Waals surface area contributed by atoms with Crippen molar-refractivity contribution in [3.05, 3.63) is 41.7 Å². The molecule has 1 amide bonds. The van der Waals surface area contributed by atoms with Crippen LogP contribution in [0.15, 0.2) is 35.5 Å². The predicted molar refractivity (Wildman–Crippen MR) is 78.8 cm³/mol. The van der Waals surface area contributed by atoms with Gasteiger partial charge in [-0.2, -0.15) is 13.2 Å². The van der Waals surface area contributed by atoms with Crippen LogP contribution in [0, 0.1) is 0 Å². The van der Waals surface area contributed by atoms with E-state index in [1.54, 1.807) is 6.92 Å². The van der Waals surface area contributed by atoms with Gasteiger partial charge >= 0.3 is 6.18 Å². The summed E-state index contributed by atoms with van der Waals surface area (Å²) in [5.74, 6) is 3.68. The molecule has 0 aliphatic rings. The van der Waals surface area contributed by atoms with Crippen molar-refractivity contribution in [3.8, 4) is 0 Å². The van der Waals surface area contributed by atoms with Gasteiger partial charge in [-0.05, 0) is 12.5 Å². The third-order valence-electron chi connectivity index (χ3n) is 2.88. The number of thioether (sulfide) groups is 1. The molecule has 0 saturated heterocycles. The molecule has 0 radical (unpaired) electrons. The monoisotopic (exact) mass is 345 g/mol. The van der Waals surface area contributed by atoms with E-state index in [2.05, 4.69) is 15.5 Å². The molecule has 0 spiro atoms. The molecule has 0 aliphatic heterocycles. The average Bonchev–Trinajstić information content (AvgIpc) is 2.87. The topological polar surface area (TPSA) is 85.8 Å². The number of rotatable bonds is 5. The number of alkyl halides is 3. The van der Waals surface area contributed by atoms with Gasteiger partial charge in [-0.1, -0.05) is 42.1 Å². The molecule has 0 aliphatic carbocycles. The predicted octanol–water partition coefficient (Wildman–Crippen LogP) is 1.81. The summed E-state index contributed by atoms with van der Waals surface area (Å²) >= 11 is 0.803. The Morgan fingerprint density at radius 2 is 2.00 bits per heavy atom. The van der Waals surface area contributed by atoms with Crippen molar-refractivity contribution in [3.63, 3.8) is 0 Å². The van der Waals surface area contributed by atoms with E-state index in [0.717, 1.165) is 17.3 Å². The summed E-state index contributed by atoms with van der Waals surface area (Å²) < 4.78 is 38.1.